The molecule has 0 spiro atoms. The van der Waals surface area contributed by atoms with Gasteiger partial charge in [0.1, 0.15) is 5.84 Å². The summed E-state index contributed by atoms with van der Waals surface area (Å²) in [6.07, 6.45) is 0.699. The molecule has 1 unspecified atom stereocenters. The summed E-state index contributed by atoms with van der Waals surface area (Å²) in [6.45, 7) is 2.00. The summed E-state index contributed by atoms with van der Waals surface area (Å²) >= 11 is 6.34. The molecule has 2 N–H and O–H groups in total. The zero-order chi connectivity index (χ0) is 14.0. The van der Waals surface area contributed by atoms with Crippen molar-refractivity contribution in [3.05, 3.63) is 22.7 Å². The number of halogens is 1. The second-order valence-corrected chi connectivity index (χ2v) is 4.72. The second-order valence-electron chi connectivity index (χ2n) is 4.34. The van der Waals surface area contributed by atoms with Gasteiger partial charge in [-0.2, -0.15) is 5.10 Å². The Morgan fingerprint density at radius 3 is 2.58 bits per heavy atom. The molecule has 102 valence electrons. The van der Waals surface area contributed by atoms with Gasteiger partial charge in [0.15, 0.2) is 11.5 Å². The van der Waals surface area contributed by atoms with Crippen LogP contribution in [0.15, 0.2) is 22.3 Å². The lowest BCUT2D eigenvalue weighted by Gasteiger charge is -2.18. The Bertz CT molecular complexity index is 555. The van der Waals surface area contributed by atoms with Gasteiger partial charge in [-0.15, -0.1) is 5.10 Å². The van der Waals surface area contributed by atoms with E-state index in [0.29, 0.717) is 28.8 Å². The van der Waals surface area contributed by atoms with Gasteiger partial charge in [0.25, 0.3) is 0 Å². The van der Waals surface area contributed by atoms with Crippen molar-refractivity contribution in [1.82, 2.24) is 0 Å². The van der Waals surface area contributed by atoms with E-state index in [2.05, 4.69) is 10.2 Å². The number of rotatable bonds is 3. The van der Waals surface area contributed by atoms with Crippen LogP contribution in [0.4, 0.5) is 0 Å². The van der Waals surface area contributed by atoms with E-state index in [1.54, 1.807) is 20.3 Å². The SMILES string of the molecule is COc1ccc(C2=NN=C(N)C(C)C2)c(Cl)c1OC. The van der Waals surface area contributed by atoms with Crippen molar-refractivity contribution in [3.63, 3.8) is 0 Å². The third kappa shape index (κ3) is 2.51. The summed E-state index contributed by atoms with van der Waals surface area (Å²) < 4.78 is 10.5. The van der Waals surface area contributed by atoms with Crippen molar-refractivity contribution in [3.8, 4) is 11.5 Å². The van der Waals surface area contributed by atoms with Gasteiger partial charge in [-0.25, -0.2) is 0 Å². The molecular weight excluding hydrogens is 266 g/mol. The maximum absolute atomic E-state index is 6.34. The maximum atomic E-state index is 6.34. The van der Waals surface area contributed by atoms with Gasteiger partial charge >= 0.3 is 0 Å². The van der Waals surface area contributed by atoms with Crippen LogP contribution in [0.1, 0.15) is 18.9 Å². The molecule has 1 aliphatic rings. The monoisotopic (exact) mass is 281 g/mol. The van der Waals surface area contributed by atoms with E-state index in [9.17, 15) is 0 Å². The first kappa shape index (κ1) is 13.7. The van der Waals surface area contributed by atoms with Gasteiger partial charge in [0.05, 0.1) is 25.0 Å². The smallest absolute Gasteiger partial charge is 0.180 e. The highest BCUT2D eigenvalue weighted by Crippen LogP contribution is 2.38. The number of ether oxygens (including phenoxy) is 2. The summed E-state index contributed by atoms with van der Waals surface area (Å²) in [4.78, 5) is 0. The normalized spacial score (nSPS) is 18.6. The summed E-state index contributed by atoms with van der Waals surface area (Å²) in [5.41, 5.74) is 7.32. The van der Waals surface area contributed by atoms with Crippen molar-refractivity contribution in [2.75, 3.05) is 14.2 Å². The highest BCUT2D eigenvalue weighted by atomic mass is 35.5. The number of methoxy groups -OCH3 is 2. The molecule has 1 heterocycles. The van der Waals surface area contributed by atoms with Crippen LogP contribution in [-0.2, 0) is 0 Å². The lowest BCUT2D eigenvalue weighted by atomic mass is 9.97. The molecule has 2 rings (SSSR count). The Morgan fingerprint density at radius 1 is 1.26 bits per heavy atom. The molecular formula is C13H16ClN3O2. The molecule has 1 aliphatic heterocycles. The first-order valence-corrected chi connectivity index (χ1v) is 6.27. The Kier molecular flexibility index (Phi) is 3.95. The van der Waals surface area contributed by atoms with Crippen molar-refractivity contribution in [2.45, 2.75) is 13.3 Å². The van der Waals surface area contributed by atoms with Crippen LogP contribution in [0.5, 0.6) is 11.5 Å². The largest absolute Gasteiger partial charge is 0.493 e. The van der Waals surface area contributed by atoms with Crippen LogP contribution in [-0.4, -0.2) is 25.8 Å². The zero-order valence-corrected chi connectivity index (χ0v) is 11.9. The first-order chi connectivity index (χ1) is 9.08. The third-order valence-electron chi connectivity index (χ3n) is 3.09. The average Bonchev–Trinajstić information content (AvgIpc) is 2.41. The van der Waals surface area contributed by atoms with E-state index < -0.39 is 0 Å². The molecule has 0 fully saturated rings. The van der Waals surface area contributed by atoms with Gasteiger partial charge in [-0.1, -0.05) is 18.5 Å². The van der Waals surface area contributed by atoms with Crippen LogP contribution in [0, 0.1) is 5.92 Å². The molecule has 1 atom stereocenters. The minimum absolute atomic E-state index is 0.150. The molecule has 0 aliphatic carbocycles. The number of nitrogens with zero attached hydrogens (tertiary/aromatic N) is 2. The van der Waals surface area contributed by atoms with Crippen molar-refractivity contribution in [1.29, 1.82) is 0 Å². The zero-order valence-electron chi connectivity index (χ0n) is 11.1. The van der Waals surface area contributed by atoms with Crippen molar-refractivity contribution in [2.24, 2.45) is 21.9 Å². The minimum Gasteiger partial charge on any atom is -0.493 e. The Morgan fingerprint density at radius 2 is 2.00 bits per heavy atom. The van der Waals surface area contributed by atoms with E-state index in [4.69, 9.17) is 26.8 Å². The Hall–Kier alpha value is -1.75. The molecule has 1 aromatic carbocycles. The lowest BCUT2D eigenvalue weighted by Crippen LogP contribution is -2.27. The van der Waals surface area contributed by atoms with Crippen molar-refractivity contribution >= 4 is 23.1 Å². The van der Waals surface area contributed by atoms with Crippen LogP contribution in [0.25, 0.3) is 0 Å². The molecule has 0 radical (unpaired) electrons. The topological polar surface area (TPSA) is 69.2 Å². The number of hydrogen-bond donors (Lipinski definition) is 1. The molecule has 0 saturated heterocycles. The fourth-order valence-corrected chi connectivity index (χ4v) is 2.27. The second kappa shape index (κ2) is 5.48. The number of amidine groups is 1. The molecule has 6 heteroatoms. The maximum Gasteiger partial charge on any atom is 0.180 e. The molecule has 0 aromatic heterocycles. The van der Waals surface area contributed by atoms with Crippen molar-refractivity contribution < 1.29 is 9.47 Å². The van der Waals surface area contributed by atoms with Gasteiger partial charge in [0, 0.05) is 17.9 Å². The first-order valence-electron chi connectivity index (χ1n) is 5.89. The molecule has 0 bridgehead atoms. The summed E-state index contributed by atoms with van der Waals surface area (Å²) in [5, 5.41) is 8.56. The molecule has 19 heavy (non-hydrogen) atoms. The standard InChI is InChI=1S/C13H16ClN3O2/c1-7-6-9(16-17-13(7)15)8-4-5-10(18-2)12(19-3)11(8)14/h4-5,7H,6H2,1-3H3,(H2,15,17). The van der Waals surface area contributed by atoms with Crippen LogP contribution in [0.3, 0.4) is 0 Å². The highest BCUT2D eigenvalue weighted by molar-refractivity contribution is 6.36. The Balaban J connectivity index is 2.47. The summed E-state index contributed by atoms with van der Waals surface area (Å²) in [6, 6.07) is 3.65. The molecule has 5 nitrogen and oxygen atoms in total. The van der Waals surface area contributed by atoms with Crippen LogP contribution in [0.2, 0.25) is 5.02 Å². The van der Waals surface area contributed by atoms with Gasteiger partial charge in [0.2, 0.25) is 0 Å². The highest BCUT2D eigenvalue weighted by Gasteiger charge is 2.22. The third-order valence-corrected chi connectivity index (χ3v) is 3.46. The average molecular weight is 282 g/mol. The van der Waals surface area contributed by atoms with E-state index >= 15 is 0 Å². The predicted molar refractivity (Wildman–Crippen MR) is 76.5 cm³/mol. The van der Waals surface area contributed by atoms with Gasteiger partial charge in [-0.3, -0.25) is 0 Å². The van der Waals surface area contributed by atoms with E-state index in [1.165, 1.54) is 0 Å². The van der Waals surface area contributed by atoms with Crippen LogP contribution >= 0.6 is 11.6 Å². The number of hydrogen-bond acceptors (Lipinski definition) is 5. The lowest BCUT2D eigenvalue weighted by molar-refractivity contribution is 0.355. The fourth-order valence-electron chi connectivity index (χ4n) is 1.93. The van der Waals surface area contributed by atoms with Crippen LogP contribution < -0.4 is 15.2 Å². The minimum atomic E-state index is 0.150. The molecule has 0 amide bonds. The quantitative estimate of drug-likeness (QED) is 0.925. The van der Waals surface area contributed by atoms with Gasteiger partial charge < -0.3 is 15.2 Å². The number of nitrogens with two attached hydrogens (primary N) is 1. The fraction of sp³-hybridized carbons (Fsp3) is 0.385. The summed E-state index contributed by atoms with van der Waals surface area (Å²) in [5.74, 6) is 1.78. The summed E-state index contributed by atoms with van der Waals surface area (Å²) in [7, 11) is 3.12. The Labute approximate surface area is 117 Å². The molecule has 0 saturated carbocycles. The van der Waals surface area contributed by atoms with E-state index in [-0.39, 0.29) is 5.92 Å². The van der Waals surface area contributed by atoms with E-state index in [1.807, 2.05) is 13.0 Å². The van der Waals surface area contributed by atoms with E-state index in [0.717, 1.165) is 11.3 Å². The molecule has 1 aromatic rings. The predicted octanol–water partition coefficient (Wildman–Crippen LogP) is 2.46. The van der Waals surface area contributed by atoms with Gasteiger partial charge in [-0.05, 0) is 12.1 Å². The number of benzene rings is 1.